The minimum Gasteiger partial charge on any atom is -0.481 e. The number of carboxylic acid groups (broad SMARTS) is 1. The zero-order valence-corrected chi connectivity index (χ0v) is 11.0. The summed E-state index contributed by atoms with van der Waals surface area (Å²) in [6.45, 7) is 0.491. The van der Waals surface area contributed by atoms with Gasteiger partial charge in [-0.25, -0.2) is 4.98 Å². The fourth-order valence-electron chi connectivity index (χ4n) is 1.55. The van der Waals surface area contributed by atoms with Gasteiger partial charge in [-0.15, -0.1) is 0 Å². The Labute approximate surface area is 112 Å². The Hall–Kier alpha value is -1.82. The van der Waals surface area contributed by atoms with Crippen molar-refractivity contribution in [2.24, 2.45) is 0 Å². The largest absolute Gasteiger partial charge is 0.481 e. The zero-order valence-electron chi connectivity index (χ0n) is 9.39. The third-order valence-corrected chi connectivity index (χ3v) is 2.85. The number of benzene rings is 1. The maximum absolute atomic E-state index is 10.8. The minimum atomic E-state index is -0.863. The molecule has 1 aromatic carbocycles. The van der Waals surface area contributed by atoms with E-state index in [0.717, 1.165) is 21.4 Å². The molecule has 1 heterocycles. The van der Waals surface area contributed by atoms with Crippen molar-refractivity contribution in [2.45, 2.75) is 13.0 Å². The Bertz CT molecular complexity index is 540. The molecule has 2 N–H and O–H groups in total. The van der Waals surface area contributed by atoms with Crippen molar-refractivity contribution >= 4 is 27.6 Å². The van der Waals surface area contributed by atoms with Gasteiger partial charge in [-0.05, 0) is 23.8 Å². The van der Waals surface area contributed by atoms with E-state index < -0.39 is 5.97 Å². The molecule has 0 spiro atoms. The highest BCUT2D eigenvalue weighted by Gasteiger charge is 2.08. The van der Waals surface area contributed by atoms with Crippen LogP contribution in [0.3, 0.4) is 0 Å². The number of hydrogen-bond donors (Lipinski definition) is 2. The van der Waals surface area contributed by atoms with Crippen molar-refractivity contribution in [3.63, 3.8) is 0 Å². The molecule has 5 nitrogen and oxygen atoms in total. The van der Waals surface area contributed by atoms with Crippen molar-refractivity contribution in [1.29, 1.82) is 0 Å². The molecule has 0 aliphatic heterocycles. The number of anilines is 1. The monoisotopic (exact) mass is 310 g/mol. The predicted octanol–water partition coefficient (Wildman–Crippen LogP) is 2.68. The lowest BCUT2D eigenvalue weighted by Gasteiger charge is -2.10. The Morgan fingerprint density at radius 2 is 2.33 bits per heavy atom. The molecular weight excluding hydrogens is 300 g/mol. The highest BCUT2D eigenvalue weighted by atomic mass is 79.9. The molecule has 0 aliphatic carbocycles. The summed E-state index contributed by atoms with van der Waals surface area (Å²) < 4.78 is 5.72. The van der Waals surface area contributed by atoms with Crippen LogP contribution >= 0.6 is 15.9 Å². The van der Waals surface area contributed by atoms with Crippen molar-refractivity contribution in [3.8, 4) is 0 Å². The molecule has 0 fully saturated rings. The van der Waals surface area contributed by atoms with Crippen molar-refractivity contribution in [2.75, 3.05) is 5.32 Å². The van der Waals surface area contributed by atoms with E-state index in [-0.39, 0.29) is 6.42 Å². The number of hydrogen-bond acceptors (Lipinski definition) is 4. The second-order valence-electron chi connectivity index (χ2n) is 3.71. The first kappa shape index (κ1) is 12.6. The van der Waals surface area contributed by atoms with Gasteiger partial charge in [-0.3, -0.25) is 4.79 Å². The van der Waals surface area contributed by atoms with Crippen LogP contribution in [0.5, 0.6) is 0 Å². The summed E-state index contributed by atoms with van der Waals surface area (Å²) in [6.07, 6.45) is 2.88. The number of rotatable bonds is 5. The van der Waals surface area contributed by atoms with Crippen LogP contribution in [0.2, 0.25) is 0 Å². The number of halogens is 1. The van der Waals surface area contributed by atoms with Gasteiger partial charge >= 0.3 is 5.97 Å². The molecule has 0 aliphatic rings. The van der Waals surface area contributed by atoms with Crippen LogP contribution in [0.4, 0.5) is 5.69 Å². The fourth-order valence-corrected chi connectivity index (χ4v) is 1.96. The molecule has 0 bridgehead atoms. The van der Waals surface area contributed by atoms with Gasteiger partial charge in [0.05, 0.1) is 18.7 Å². The van der Waals surface area contributed by atoms with Crippen LogP contribution in [-0.2, 0) is 17.8 Å². The summed E-state index contributed by atoms with van der Waals surface area (Å²) in [5.41, 5.74) is 2.27. The number of carboxylic acids is 1. The van der Waals surface area contributed by atoms with E-state index in [4.69, 9.17) is 9.52 Å². The van der Waals surface area contributed by atoms with E-state index in [1.54, 1.807) is 12.3 Å². The van der Waals surface area contributed by atoms with Crippen LogP contribution in [0.15, 0.2) is 39.7 Å². The standard InChI is InChI=1S/C12H11BrN2O3/c13-9-1-2-11(8(3-9)4-12(16)17)14-5-10-6-18-7-15-10/h1-3,6-7,14H,4-5H2,(H,16,17). The highest BCUT2D eigenvalue weighted by Crippen LogP contribution is 2.22. The molecular formula is C12H11BrN2O3. The lowest BCUT2D eigenvalue weighted by atomic mass is 10.1. The first-order chi connectivity index (χ1) is 8.65. The van der Waals surface area contributed by atoms with Gasteiger partial charge in [0.2, 0.25) is 0 Å². The second-order valence-corrected chi connectivity index (χ2v) is 4.62. The number of aromatic nitrogens is 1. The molecule has 94 valence electrons. The Balaban J connectivity index is 2.13. The molecule has 2 rings (SSSR count). The molecule has 0 amide bonds. The number of nitrogens with one attached hydrogen (secondary N) is 1. The van der Waals surface area contributed by atoms with Gasteiger partial charge in [0.1, 0.15) is 6.26 Å². The van der Waals surface area contributed by atoms with E-state index in [2.05, 4.69) is 26.2 Å². The second kappa shape index (κ2) is 5.68. The molecule has 0 saturated heterocycles. The van der Waals surface area contributed by atoms with E-state index in [1.807, 2.05) is 12.1 Å². The zero-order chi connectivity index (χ0) is 13.0. The lowest BCUT2D eigenvalue weighted by Crippen LogP contribution is -2.06. The maximum atomic E-state index is 10.8. The Morgan fingerprint density at radius 3 is 3.00 bits per heavy atom. The molecule has 0 radical (unpaired) electrons. The molecule has 0 unspecified atom stereocenters. The van der Waals surface area contributed by atoms with Crippen LogP contribution in [0.25, 0.3) is 0 Å². The van der Waals surface area contributed by atoms with Gasteiger partial charge < -0.3 is 14.8 Å². The van der Waals surface area contributed by atoms with Gasteiger partial charge in [-0.2, -0.15) is 0 Å². The van der Waals surface area contributed by atoms with Crippen molar-refractivity contribution in [3.05, 3.63) is 46.6 Å². The number of nitrogens with zero attached hydrogens (tertiary/aromatic N) is 1. The van der Waals surface area contributed by atoms with E-state index >= 15 is 0 Å². The van der Waals surface area contributed by atoms with Crippen molar-refractivity contribution in [1.82, 2.24) is 4.98 Å². The molecule has 6 heteroatoms. The molecule has 0 saturated carbocycles. The normalized spacial score (nSPS) is 10.3. The highest BCUT2D eigenvalue weighted by molar-refractivity contribution is 9.10. The van der Waals surface area contributed by atoms with Crippen LogP contribution < -0.4 is 5.32 Å². The summed E-state index contributed by atoms with van der Waals surface area (Å²) in [5.74, 6) is -0.863. The summed E-state index contributed by atoms with van der Waals surface area (Å²) in [5, 5.41) is 12.0. The average Bonchev–Trinajstić information content (AvgIpc) is 2.80. The van der Waals surface area contributed by atoms with E-state index in [0.29, 0.717) is 6.54 Å². The average molecular weight is 311 g/mol. The Morgan fingerprint density at radius 1 is 1.50 bits per heavy atom. The third kappa shape index (κ3) is 3.33. The number of carbonyl (C=O) groups is 1. The minimum absolute atomic E-state index is 0.0272. The van der Waals surface area contributed by atoms with E-state index in [9.17, 15) is 4.79 Å². The van der Waals surface area contributed by atoms with Gasteiger partial charge in [-0.1, -0.05) is 15.9 Å². The predicted molar refractivity (Wildman–Crippen MR) is 69.3 cm³/mol. The SMILES string of the molecule is O=C(O)Cc1cc(Br)ccc1NCc1cocn1. The maximum Gasteiger partial charge on any atom is 0.307 e. The summed E-state index contributed by atoms with van der Waals surface area (Å²) >= 11 is 3.33. The van der Waals surface area contributed by atoms with Crippen molar-refractivity contribution < 1.29 is 14.3 Å². The van der Waals surface area contributed by atoms with Crippen LogP contribution in [-0.4, -0.2) is 16.1 Å². The first-order valence-corrected chi connectivity index (χ1v) is 6.05. The van der Waals surface area contributed by atoms with Crippen LogP contribution in [0, 0.1) is 0 Å². The smallest absolute Gasteiger partial charge is 0.307 e. The topological polar surface area (TPSA) is 75.4 Å². The third-order valence-electron chi connectivity index (χ3n) is 2.35. The number of oxazole rings is 1. The number of aliphatic carboxylic acids is 1. The molecule has 18 heavy (non-hydrogen) atoms. The van der Waals surface area contributed by atoms with Gasteiger partial charge in [0.15, 0.2) is 6.39 Å². The molecule has 1 aromatic heterocycles. The van der Waals surface area contributed by atoms with Crippen LogP contribution in [0.1, 0.15) is 11.3 Å². The quantitative estimate of drug-likeness (QED) is 0.888. The lowest BCUT2D eigenvalue weighted by molar-refractivity contribution is -0.136. The summed E-state index contributed by atoms with van der Waals surface area (Å²) in [4.78, 5) is 14.8. The van der Waals surface area contributed by atoms with Gasteiger partial charge in [0.25, 0.3) is 0 Å². The summed E-state index contributed by atoms with van der Waals surface area (Å²) in [6, 6.07) is 5.48. The Kier molecular flexibility index (Phi) is 3.99. The van der Waals surface area contributed by atoms with E-state index in [1.165, 1.54) is 6.39 Å². The first-order valence-electron chi connectivity index (χ1n) is 5.26. The molecule has 2 aromatic rings. The van der Waals surface area contributed by atoms with Gasteiger partial charge in [0, 0.05) is 10.2 Å². The molecule has 0 atom stereocenters. The summed E-state index contributed by atoms with van der Waals surface area (Å²) in [7, 11) is 0. The fraction of sp³-hybridized carbons (Fsp3) is 0.167.